The van der Waals surface area contributed by atoms with Gasteiger partial charge in [0.25, 0.3) is 5.91 Å². The molecule has 1 atom stereocenters. The number of anilines is 1. The average Bonchev–Trinajstić information content (AvgIpc) is 3.10. The molecule has 5 nitrogen and oxygen atoms in total. The highest BCUT2D eigenvalue weighted by molar-refractivity contribution is 8.00. The van der Waals surface area contributed by atoms with E-state index in [0.717, 1.165) is 0 Å². The number of nitrogens with one attached hydrogen (secondary N) is 1. The zero-order valence-corrected chi connectivity index (χ0v) is 16.6. The summed E-state index contributed by atoms with van der Waals surface area (Å²) < 4.78 is 19.8. The summed E-state index contributed by atoms with van der Waals surface area (Å²) >= 11 is 8.60. The van der Waals surface area contributed by atoms with Crippen LogP contribution in [0.2, 0.25) is 5.02 Å². The lowest BCUT2D eigenvalue weighted by atomic mass is 10.2. The van der Waals surface area contributed by atoms with Crippen LogP contribution in [0.25, 0.3) is 0 Å². The van der Waals surface area contributed by atoms with Gasteiger partial charge in [-0.15, -0.1) is 10.2 Å². The minimum atomic E-state index is -0.761. The second-order valence-corrected chi connectivity index (χ2v) is 8.04. The zero-order chi connectivity index (χ0) is 19.2. The summed E-state index contributed by atoms with van der Waals surface area (Å²) in [5, 5.41) is 11.4. The molecule has 0 spiro atoms. The van der Waals surface area contributed by atoms with Crippen LogP contribution < -0.4 is 10.1 Å². The van der Waals surface area contributed by atoms with Gasteiger partial charge in [-0.25, -0.2) is 4.39 Å². The zero-order valence-electron chi connectivity index (χ0n) is 14.2. The number of amides is 1. The summed E-state index contributed by atoms with van der Waals surface area (Å²) in [5.41, 5.74) is 0.588. The number of hydrogen-bond donors (Lipinski definition) is 1. The van der Waals surface area contributed by atoms with Crippen LogP contribution in [0.3, 0.4) is 0 Å². The number of hydrogen-bond acceptors (Lipinski definition) is 6. The Morgan fingerprint density at radius 3 is 2.78 bits per heavy atom. The molecule has 0 radical (unpaired) electrons. The van der Waals surface area contributed by atoms with Crippen LogP contribution in [0.4, 0.5) is 9.52 Å². The first kappa shape index (κ1) is 19.6. The summed E-state index contributed by atoms with van der Waals surface area (Å²) in [6.45, 7) is 1.62. The molecule has 1 unspecified atom stereocenters. The van der Waals surface area contributed by atoms with E-state index in [4.69, 9.17) is 16.3 Å². The molecule has 27 heavy (non-hydrogen) atoms. The molecule has 140 valence electrons. The molecule has 1 amide bonds. The second kappa shape index (κ2) is 9.16. The van der Waals surface area contributed by atoms with E-state index < -0.39 is 6.10 Å². The van der Waals surface area contributed by atoms with Crippen molar-refractivity contribution in [2.24, 2.45) is 0 Å². The van der Waals surface area contributed by atoms with E-state index >= 15 is 0 Å². The molecule has 1 N–H and O–H groups in total. The van der Waals surface area contributed by atoms with Gasteiger partial charge in [-0.2, -0.15) is 0 Å². The van der Waals surface area contributed by atoms with Crippen LogP contribution in [-0.2, 0) is 10.5 Å². The van der Waals surface area contributed by atoms with Crippen LogP contribution in [0.5, 0.6) is 5.75 Å². The molecule has 2 aromatic carbocycles. The molecule has 9 heteroatoms. The number of aromatic nitrogens is 2. The van der Waals surface area contributed by atoms with Gasteiger partial charge in [0.2, 0.25) is 5.13 Å². The molecular formula is C18H15ClFN3O2S2. The third-order valence-electron chi connectivity index (χ3n) is 3.46. The van der Waals surface area contributed by atoms with Gasteiger partial charge in [0, 0.05) is 5.75 Å². The molecule has 3 aromatic rings. The lowest BCUT2D eigenvalue weighted by Gasteiger charge is -2.14. The standard InChI is InChI=1S/C18H15ClFN3O2S2/c1-11(25-15-9-5-3-7-13(15)19)16(24)21-17-22-23-18(27-17)26-10-12-6-2-4-8-14(12)20/h2-9,11H,10H2,1H3,(H,21,22,24). The Morgan fingerprint density at radius 1 is 1.26 bits per heavy atom. The number of halogens is 2. The minimum Gasteiger partial charge on any atom is -0.479 e. The molecule has 0 aliphatic rings. The number of ether oxygens (including phenoxy) is 1. The number of thioether (sulfide) groups is 1. The molecule has 0 saturated heterocycles. The van der Waals surface area contributed by atoms with Gasteiger partial charge in [0.1, 0.15) is 11.6 Å². The lowest BCUT2D eigenvalue weighted by molar-refractivity contribution is -0.122. The van der Waals surface area contributed by atoms with E-state index in [1.54, 1.807) is 49.4 Å². The fourth-order valence-electron chi connectivity index (χ4n) is 2.06. The van der Waals surface area contributed by atoms with Crippen molar-refractivity contribution >= 4 is 45.7 Å². The summed E-state index contributed by atoms with van der Waals surface area (Å²) in [4.78, 5) is 12.3. The topological polar surface area (TPSA) is 64.1 Å². The van der Waals surface area contributed by atoms with Crippen LogP contribution >= 0.6 is 34.7 Å². The molecule has 0 bridgehead atoms. The number of carbonyl (C=O) groups excluding carboxylic acids is 1. The lowest BCUT2D eigenvalue weighted by Crippen LogP contribution is -2.30. The molecule has 1 heterocycles. The van der Waals surface area contributed by atoms with E-state index in [0.29, 0.717) is 31.6 Å². The number of carbonyl (C=O) groups is 1. The Balaban J connectivity index is 1.54. The normalized spacial score (nSPS) is 11.8. The van der Waals surface area contributed by atoms with E-state index in [1.807, 2.05) is 0 Å². The highest BCUT2D eigenvalue weighted by Gasteiger charge is 2.18. The van der Waals surface area contributed by atoms with Crippen molar-refractivity contribution in [3.05, 3.63) is 64.9 Å². The Hall–Kier alpha value is -2.16. The van der Waals surface area contributed by atoms with E-state index in [1.165, 1.54) is 29.2 Å². The Kier molecular flexibility index (Phi) is 6.65. The van der Waals surface area contributed by atoms with E-state index in [9.17, 15) is 9.18 Å². The van der Waals surface area contributed by atoms with E-state index in [2.05, 4.69) is 15.5 Å². The van der Waals surface area contributed by atoms with Gasteiger partial charge in [-0.1, -0.05) is 65.0 Å². The minimum absolute atomic E-state index is 0.256. The van der Waals surface area contributed by atoms with Gasteiger partial charge < -0.3 is 4.74 Å². The van der Waals surface area contributed by atoms with Crippen molar-refractivity contribution in [2.45, 2.75) is 23.1 Å². The van der Waals surface area contributed by atoms with Gasteiger partial charge in [-0.05, 0) is 30.7 Å². The third-order valence-corrected chi connectivity index (χ3v) is 5.79. The summed E-state index contributed by atoms with van der Waals surface area (Å²) in [6, 6.07) is 13.5. The maximum Gasteiger partial charge on any atom is 0.266 e. The number of rotatable bonds is 7. The maximum absolute atomic E-state index is 13.6. The summed E-state index contributed by atoms with van der Waals surface area (Å²) in [6.07, 6.45) is -0.761. The molecule has 0 saturated carbocycles. The summed E-state index contributed by atoms with van der Waals surface area (Å²) in [5.74, 6) is 0.242. The van der Waals surface area contributed by atoms with Crippen molar-refractivity contribution in [3.8, 4) is 5.75 Å². The maximum atomic E-state index is 13.6. The van der Waals surface area contributed by atoms with Crippen LogP contribution in [0.15, 0.2) is 52.9 Å². The Bertz CT molecular complexity index is 938. The number of nitrogens with zero attached hydrogens (tertiary/aromatic N) is 2. The molecule has 0 aliphatic heterocycles. The molecule has 0 aliphatic carbocycles. The van der Waals surface area contributed by atoms with Crippen molar-refractivity contribution in [1.82, 2.24) is 10.2 Å². The molecule has 0 fully saturated rings. The van der Waals surface area contributed by atoms with Crippen LogP contribution in [-0.4, -0.2) is 22.2 Å². The van der Waals surface area contributed by atoms with Crippen LogP contribution in [0, 0.1) is 5.82 Å². The largest absolute Gasteiger partial charge is 0.479 e. The Labute approximate surface area is 168 Å². The third kappa shape index (κ3) is 5.41. The van der Waals surface area contributed by atoms with Crippen molar-refractivity contribution in [3.63, 3.8) is 0 Å². The number of benzene rings is 2. The molecule has 3 rings (SSSR count). The van der Waals surface area contributed by atoms with Crippen molar-refractivity contribution < 1.29 is 13.9 Å². The number of para-hydroxylation sites is 1. The average molecular weight is 424 g/mol. The van der Waals surface area contributed by atoms with Crippen LogP contribution in [0.1, 0.15) is 12.5 Å². The highest BCUT2D eigenvalue weighted by atomic mass is 35.5. The van der Waals surface area contributed by atoms with Gasteiger partial charge in [-0.3, -0.25) is 10.1 Å². The fourth-order valence-corrected chi connectivity index (χ4v) is 3.99. The van der Waals surface area contributed by atoms with Gasteiger partial charge in [0.05, 0.1) is 5.02 Å². The van der Waals surface area contributed by atoms with Crippen molar-refractivity contribution in [2.75, 3.05) is 5.32 Å². The fraction of sp³-hybridized carbons (Fsp3) is 0.167. The Morgan fingerprint density at radius 2 is 2.00 bits per heavy atom. The first-order valence-electron chi connectivity index (χ1n) is 7.94. The predicted molar refractivity (Wildman–Crippen MR) is 106 cm³/mol. The monoisotopic (exact) mass is 423 g/mol. The molecular weight excluding hydrogens is 409 g/mol. The smallest absolute Gasteiger partial charge is 0.266 e. The van der Waals surface area contributed by atoms with Gasteiger partial charge in [0.15, 0.2) is 10.4 Å². The van der Waals surface area contributed by atoms with Crippen molar-refractivity contribution in [1.29, 1.82) is 0 Å². The van der Waals surface area contributed by atoms with E-state index in [-0.39, 0.29) is 11.7 Å². The highest BCUT2D eigenvalue weighted by Crippen LogP contribution is 2.29. The SMILES string of the molecule is CC(Oc1ccccc1Cl)C(=O)Nc1nnc(SCc2ccccc2F)s1. The summed E-state index contributed by atoms with van der Waals surface area (Å²) in [7, 11) is 0. The van der Waals surface area contributed by atoms with Gasteiger partial charge >= 0.3 is 0 Å². The second-order valence-electron chi connectivity index (χ2n) is 5.43. The predicted octanol–water partition coefficient (Wildman–Crippen LogP) is 5.03. The quantitative estimate of drug-likeness (QED) is 0.426. The first-order valence-corrected chi connectivity index (χ1v) is 10.1. The molecule has 1 aromatic heterocycles. The first-order chi connectivity index (χ1) is 13.0.